The molecule has 14 heteroatoms. The monoisotopic (exact) mass is 638 g/mol. The van der Waals surface area contributed by atoms with Crippen molar-refractivity contribution < 1.29 is 32.2 Å². The van der Waals surface area contributed by atoms with E-state index in [0.29, 0.717) is 34.7 Å². The molecule has 1 N–H and O–H groups in total. The minimum Gasteiger partial charge on any atom is -0.497 e. The van der Waals surface area contributed by atoms with E-state index in [4.69, 9.17) is 4.74 Å². The Morgan fingerprint density at radius 2 is 1.78 bits per heavy atom. The van der Waals surface area contributed by atoms with E-state index in [1.807, 2.05) is 37.3 Å². The van der Waals surface area contributed by atoms with Crippen molar-refractivity contribution >= 4 is 34.6 Å². The Labute approximate surface area is 261 Å². The zero-order valence-corrected chi connectivity index (χ0v) is 25.2. The topological polar surface area (TPSA) is 111 Å². The Morgan fingerprint density at radius 1 is 1.04 bits per heavy atom. The summed E-state index contributed by atoms with van der Waals surface area (Å²) in [6, 6.07) is 18.0. The third-order valence-corrected chi connectivity index (χ3v) is 7.74. The molecule has 1 aliphatic rings. The number of nitrogens with zero attached hydrogens (tertiary/aromatic N) is 5. The number of unbranched alkanes of at least 4 members (excludes halogenated alkanes) is 1. The van der Waals surface area contributed by atoms with Gasteiger partial charge in [0, 0.05) is 12.1 Å². The van der Waals surface area contributed by atoms with Crippen molar-refractivity contribution in [2.75, 3.05) is 24.3 Å². The molecule has 45 heavy (non-hydrogen) atoms. The maximum absolute atomic E-state index is 12.5. The van der Waals surface area contributed by atoms with Crippen LogP contribution in [-0.4, -0.2) is 57.6 Å². The lowest BCUT2D eigenvalue weighted by molar-refractivity contribution is -0.274. The SMILES string of the molecule is COc1ccc(N2C(=O)CS/C2=N\C(=O)NCCCCc2ccc(-c3ncn(-c4ccc(OC(F)(F)F)cc4)n3)cc2)c(C)c1. The summed E-state index contributed by atoms with van der Waals surface area (Å²) < 4.78 is 47.8. The first-order chi connectivity index (χ1) is 21.6. The van der Waals surface area contributed by atoms with Gasteiger partial charge in [-0.15, -0.1) is 18.3 Å². The Morgan fingerprint density at radius 3 is 2.47 bits per heavy atom. The predicted molar refractivity (Wildman–Crippen MR) is 165 cm³/mol. The average Bonchev–Trinajstić information content (AvgIpc) is 3.64. The van der Waals surface area contributed by atoms with Gasteiger partial charge in [0.2, 0.25) is 5.91 Å². The number of carbonyl (C=O) groups is 2. The lowest BCUT2D eigenvalue weighted by Gasteiger charge is -2.18. The standard InChI is InChI=1S/C31H29F3N6O4S/c1-20-17-25(43-2)14-15-26(20)40-27(41)18-45-30(40)37-29(42)35-16-4-3-5-21-6-8-22(9-7-21)28-36-19-39(38-28)23-10-12-24(13-11-23)44-31(32,33)34/h6-15,17,19H,3-5,16,18H2,1-2H3,(H,35,42)/b37-30-. The lowest BCUT2D eigenvalue weighted by Crippen LogP contribution is -2.32. The quantitative estimate of drug-likeness (QED) is 0.203. The molecule has 0 bridgehead atoms. The fourth-order valence-electron chi connectivity index (χ4n) is 4.60. The summed E-state index contributed by atoms with van der Waals surface area (Å²) in [5, 5.41) is 7.57. The smallest absolute Gasteiger partial charge is 0.497 e. The number of methoxy groups -OCH3 is 1. The molecule has 1 aromatic heterocycles. The number of nitrogens with one attached hydrogen (secondary N) is 1. The number of alkyl halides is 3. The number of halogens is 3. The van der Waals surface area contributed by atoms with Crippen molar-refractivity contribution in [2.24, 2.45) is 4.99 Å². The fourth-order valence-corrected chi connectivity index (χ4v) is 5.46. The van der Waals surface area contributed by atoms with Crippen LogP contribution in [0.5, 0.6) is 11.5 Å². The van der Waals surface area contributed by atoms with Gasteiger partial charge in [-0.2, -0.15) is 4.99 Å². The van der Waals surface area contributed by atoms with Crippen LogP contribution in [0.4, 0.5) is 23.7 Å². The molecule has 0 radical (unpaired) electrons. The molecule has 3 aromatic carbocycles. The second-order valence-corrected chi connectivity index (χ2v) is 10.9. The number of aryl methyl sites for hydroxylation is 2. The highest BCUT2D eigenvalue weighted by Crippen LogP contribution is 2.31. The van der Waals surface area contributed by atoms with Crippen LogP contribution in [0.1, 0.15) is 24.0 Å². The number of aromatic nitrogens is 3. The van der Waals surface area contributed by atoms with Gasteiger partial charge in [0.25, 0.3) is 0 Å². The number of hydrogen-bond donors (Lipinski definition) is 1. The predicted octanol–water partition coefficient (Wildman–Crippen LogP) is 6.32. The molecule has 0 unspecified atom stereocenters. The first-order valence-corrected chi connectivity index (χ1v) is 14.9. The van der Waals surface area contributed by atoms with Crippen LogP contribution >= 0.6 is 11.8 Å². The highest BCUT2D eigenvalue weighted by molar-refractivity contribution is 8.15. The number of hydrogen-bond acceptors (Lipinski definition) is 7. The van der Waals surface area contributed by atoms with Gasteiger partial charge in [-0.05, 0) is 79.8 Å². The fraction of sp³-hybridized carbons (Fsp3) is 0.258. The van der Waals surface area contributed by atoms with E-state index in [2.05, 4.69) is 25.1 Å². The summed E-state index contributed by atoms with van der Waals surface area (Å²) in [5.74, 6) is 0.922. The van der Waals surface area contributed by atoms with Gasteiger partial charge in [-0.25, -0.2) is 14.5 Å². The van der Waals surface area contributed by atoms with Gasteiger partial charge in [0.1, 0.15) is 17.8 Å². The number of carbonyl (C=O) groups excluding carboxylic acids is 2. The summed E-state index contributed by atoms with van der Waals surface area (Å²) in [6.45, 7) is 2.31. The minimum absolute atomic E-state index is 0.136. The molecule has 0 spiro atoms. The molecule has 0 aliphatic carbocycles. The number of anilines is 1. The summed E-state index contributed by atoms with van der Waals surface area (Å²) in [6.07, 6.45) is -0.887. The molecular formula is C31H29F3N6O4S. The van der Waals surface area contributed by atoms with E-state index in [1.165, 1.54) is 51.9 Å². The van der Waals surface area contributed by atoms with E-state index >= 15 is 0 Å². The van der Waals surface area contributed by atoms with Crippen molar-refractivity contribution in [3.8, 4) is 28.6 Å². The maximum Gasteiger partial charge on any atom is 0.573 e. The van der Waals surface area contributed by atoms with Crippen molar-refractivity contribution in [3.63, 3.8) is 0 Å². The number of urea groups is 1. The van der Waals surface area contributed by atoms with E-state index < -0.39 is 12.4 Å². The van der Waals surface area contributed by atoms with Gasteiger partial charge in [0.15, 0.2) is 11.0 Å². The number of benzene rings is 3. The van der Waals surface area contributed by atoms with E-state index in [-0.39, 0.29) is 17.4 Å². The van der Waals surface area contributed by atoms with Crippen LogP contribution in [0.15, 0.2) is 78.0 Å². The molecule has 5 rings (SSSR count). The maximum atomic E-state index is 12.5. The molecule has 0 saturated carbocycles. The summed E-state index contributed by atoms with van der Waals surface area (Å²) in [4.78, 5) is 35.0. The van der Waals surface area contributed by atoms with E-state index in [9.17, 15) is 22.8 Å². The van der Waals surface area contributed by atoms with Crippen molar-refractivity contribution in [3.05, 3.63) is 84.2 Å². The van der Waals surface area contributed by atoms with Crippen LogP contribution in [0.25, 0.3) is 17.1 Å². The molecule has 10 nitrogen and oxygen atoms in total. The molecule has 1 saturated heterocycles. The summed E-state index contributed by atoms with van der Waals surface area (Å²) >= 11 is 1.23. The minimum atomic E-state index is -4.75. The molecule has 1 aliphatic heterocycles. The Hall–Kier alpha value is -4.85. The zero-order valence-electron chi connectivity index (χ0n) is 24.4. The van der Waals surface area contributed by atoms with Crippen LogP contribution in [-0.2, 0) is 11.2 Å². The van der Waals surface area contributed by atoms with Crippen molar-refractivity contribution in [1.29, 1.82) is 0 Å². The molecule has 4 aromatic rings. The lowest BCUT2D eigenvalue weighted by atomic mass is 10.1. The summed E-state index contributed by atoms with van der Waals surface area (Å²) in [7, 11) is 1.58. The van der Waals surface area contributed by atoms with Crippen molar-refractivity contribution in [2.45, 2.75) is 32.5 Å². The van der Waals surface area contributed by atoms with Gasteiger partial charge < -0.3 is 14.8 Å². The Bertz CT molecular complexity index is 1690. The third kappa shape index (κ3) is 8.20. The van der Waals surface area contributed by atoms with Crippen LogP contribution in [0.2, 0.25) is 0 Å². The third-order valence-electron chi connectivity index (χ3n) is 6.81. The molecule has 234 valence electrons. The Kier molecular flexibility index (Phi) is 9.71. The number of ether oxygens (including phenoxy) is 2. The van der Waals surface area contributed by atoms with Gasteiger partial charge in [-0.1, -0.05) is 36.0 Å². The van der Waals surface area contributed by atoms with Crippen molar-refractivity contribution in [1.82, 2.24) is 20.1 Å². The van der Waals surface area contributed by atoms with E-state index in [1.54, 1.807) is 19.2 Å². The second-order valence-electron chi connectivity index (χ2n) is 10.0. The molecule has 3 amide bonds. The second kappa shape index (κ2) is 13.8. The normalized spacial score (nSPS) is 14.2. The summed E-state index contributed by atoms with van der Waals surface area (Å²) in [5.41, 5.74) is 3.95. The molecule has 1 fully saturated rings. The molecule has 2 heterocycles. The number of amidine groups is 1. The van der Waals surface area contributed by atoms with Gasteiger partial charge in [0.05, 0.1) is 24.2 Å². The van der Waals surface area contributed by atoms with Crippen LogP contribution < -0.4 is 19.7 Å². The largest absolute Gasteiger partial charge is 0.573 e. The van der Waals surface area contributed by atoms with Gasteiger partial charge >= 0.3 is 12.4 Å². The number of thioether (sulfide) groups is 1. The first kappa shape index (κ1) is 31.6. The highest BCUT2D eigenvalue weighted by Gasteiger charge is 2.32. The van der Waals surface area contributed by atoms with E-state index in [0.717, 1.165) is 36.0 Å². The molecular weight excluding hydrogens is 609 g/mol. The first-order valence-electron chi connectivity index (χ1n) is 13.9. The van der Waals surface area contributed by atoms with Crippen LogP contribution in [0, 0.1) is 6.92 Å². The molecule has 0 atom stereocenters. The zero-order chi connectivity index (χ0) is 32.0. The number of aliphatic imine (C=N–C) groups is 1. The Balaban J connectivity index is 1.08. The van der Waals surface area contributed by atoms with Crippen LogP contribution in [0.3, 0.4) is 0 Å². The van der Waals surface area contributed by atoms with Gasteiger partial charge in [-0.3, -0.25) is 9.69 Å². The number of amides is 3. The number of rotatable bonds is 10. The average molecular weight is 639 g/mol. The highest BCUT2D eigenvalue weighted by atomic mass is 32.2.